The Morgan fingerprint density at radius 2 is 1.84 bits per heavy atom. The largest absolute Gasteiger partial charge is 0.497 e. The second kappa shape index (κ2) is 8.94. The van der Waals surface area contributed by atoms with Crippen molar-refractivity contribution in [3.05, 3.63) is 52.0 Å². The van der Waals surface area contributed by atoms with Gasteiger partial charge in [0.25, 0.3) is 0 Å². The van der Waals surface area contributed by atoms with Gasteiger partial charge in [-0.1, -0.05) is 29.3 Å². The number of carbonyl (C=O) groups excluding carboxylic acids is 1. The average Bonchev–Trinajstić information content (AvgIpc) is 2.58. The Morgan fingerprint density at radius 3 is 2.48 bits per heavy atom. The van der Waals surface area contributed by atoms with E-state index in [0.29, 0.717) is 22.3 Å². The summed E-state index contributed by atoms with van der Waals surface area (Å²) >= 11 is 11.8. The van der Waals surface area contributed by atoms with Gasteiger partial charge in [0.15, 0.2) is 0 Å². The van der Waals surface area contributed by atoms with E-state index in [1.807, 2.05) is 30.1 Å². The number of likely N-dealkylation sites (N-methyl/N-ethyl adjacent to an activating group) is 1. The Hall–Kier alpha value is -1.95. The minimum absolute atomic E-state index is 0.145. The van der Waals surface area contributed by atoms with Gasteiger partial charge in [-0.15, -0.1) is 0 Å². The van der Waals surface area contributed by atoms with Gasteiger partial charge in [-0.2, -0.15) is 0 Å². The van der Waals surface area contributed by atoms with Crippen molar-refractivity contribution in [1.82, 2.24) is 4.90 Å². The van der Waals surface area contributed by atoms with Gasteiger partial charge >= 0.3 is 0 Å². The number of hydrogen-bond acceptors (Lipinski definition) is 4. The minimum Gasteiger partial charge on any atom is -0.497 e. The van der Waals surface area contributed by atoms with Crippen molar-refractivity contribution in [2.24, 2.45) is 0 Å². The number of hydrogen-bond donors (Lipinski definition) is 1. The van der Waals surface area contributed by atoms with Crippen molar-refractivity contribution in [2.45, 2.75) is 6.54 Å². The first-order chi connectivity index (χ1) is 11.9. The second-order valence-corrected chi connectivity index (χ2v) is 6.34. The Kier molecular flexibility index (Phi) is 6.93. The van der Waals surface area contributed by atoms with E-state index in [1.165, 1.54) is 0 Å². The van der Waals surface area contributed by atoms with Crippen LogP contribution in [0.15, 0.2) is 36.4 Å². The summed E-state index contributed by atoms with van der Waals surface area (Å²) in [7, 11) is 5.07. The van der Waals surface area contributed by atoms with Crippen LogP contribution in [0.4, 0.5) is 5.69 Å². The highest BCUT2D eigenvalue weighted by atomic mass is 35.5. The number of ether oxygens (including phenoxy) is 2. The van der Waals surface area contributed by atoms with Crippen LogP contribution in [0.5, 0.6) is 11.5 Å². The summed E-state index contributed by atoms with van der Waals surface area (Å²) in [5.41, 5.74) is 1.57. The molecule has 134 valence electrons. The molecule has 1 N–H and O–H groups in total. The zero-order valence-electron chi connectivity index (χ0n) is 14.3. The van der Waals surface area contributed by atoms with Crippen LogP contribution < -0.4 is 14.8 Å². The molecule has 5 nitrogen and oxygen atoms in total. The molecule has 0 radical (unpaired) electrons. The molecule has 0 bridgehead atoms. The summed E-state index contributed by atoms with van der Waals surface area (Å²) in [6, 6.07) is 10.6. The molecule has 0 aliphatic carbocycles. The van der Waals surface area contributed by atoms with E-state index in [0.717, 1.165) is 17.1 Å². The normalized spacial score (nSPS) is 10.6. The zero-order valence-corrected chi connectivity index (χ0v) is 15.8. The van der Waals surface area contributed by atoms with Gasteiger partial charge in [-0.25, -0.2) is 0 Å². The monoisotopic (exact) mass is 382 g/mol. The average molecular weight is 383 g/mol. The third-order valence-corrected chi connectivity index (χ3v) is 4.29. The molecule has 0 unspecified atom stereocenters. The molecule has 0 aromatic heterocycles. The standard InChI is InChI=1S/C18H20Cl2N2O3/c1-22(10-12-4-6-14(24-2)9-17(12)25-3)11-18(23)21-13-5-7-15(19)16(20)8-13/h4-9H,10-11H2,1-3H3,(H,21,23). The van der Waals surface area contributed by atoms with Crippen molar-refractivity contribution in [2.75, 3.05) is 33.1 Å². The summed E-state index contributed by atoms with van der Waals surface area (Å²) in [6.07, 6.45) is 0. The quantitative estimate of drug-likeness (QED) is 0.783. The van der Waals surface area contributed by atoms with Crippen LogP contribution in [0.3, 0.4) is 0 Å². The molecule has 0 atom stereocenters. The van der Waals surface area contributed by atoms with Crippen LogP contribution in [0.1, 0.15) is 5.56 Å². The van der Waals surface area contributed by atoms with Gasteiger partial charge in [0.05, 0.1) is 30.8 Å². The first-order valence-electron chi connectivity index (χ1n) is 7.57. The van der Waals surface area contributed by atoms with Crippen molar-refractivity contribution < 1.29 is 14.3 Å². The van der Waals surface area contributed by atoms with E-state index >= 15 is 0 Å². The van der Waals surface area contributed by atoms with E-state index < -0.39 is 0 Å². The lowest BCUT2D eigenvalue weighted by atomic mass is 10.2. The minimum atomic E-state index is -0.145. The molecule has 2 rings (SSSR count). The van der Waals surface area contributed by atoms with Crippen LogP contribution in [0.25, 0.3) is 0 Å². The maximum Gasteiger partial charge on any atom is 0.238 e. The highest BCUT2D eigenvalue weighted by molar-refractivity contribution is 6.42. The van der Waals surface area contributed by atoms with Crippen molar-refractivity contribution in [1.29, 1.82) is 0 Å². The van der Waals surface area contributed by atoms with Gasteiger partial charge < -0.3 is 14.8 Å². The zero-order chi connectivity index (χ0) is 18.4. The lowest BCUT2D eigenvalue weighted by Crippen LogP contribution is -2.30. The molecule has 25 heavy (non-hydrogen) atoms. The van der Waals surface area contributed by atoms with E-state index in [-0.39, 0.29) is 12.5 Å². The number of halogens is 2. The van der Waals surface area contributed by atoms with Crippen LogP contribution in [0, 0.1) is 0 Å². The van der Waals surface area contributed by atoms with Crippen molar-refractivity contribution in [3.63, 3.8) is 0 Å². The predicted molar refractivity (Wildman–Crippen MR) is 101 cm³/mol. The molecule has 0 fully saturated rings. The van der Waals surface area contributed by atoms with Crippen LogP contribution >= 0.6 is 23.2 Å². The van der Waals surface area contributed by atoms with Crippen molar-refractivity contribution in [3.8, 4) is 11.5 Å². The van der Waals surface area contributed by atoms with E-state index in [2.05, 4.69) is 5.32 Å². The van der Waals surface area contributed by atoms with Gasteiger partial charge in [-0.05, 0) is 31.3 Å². The SMILES string of the molecule is COc1ccc(CN(C)CC(=O)Nc2ccc(Cl)c(Cl)c2)c(OC)c1. The third-order valence-electron chi connectivity index (χ3n) is 3.55. The summed E-state index contributed by atoms with van der Waals surface area (Å²) in [6.45, 7) is 0.775. The fraction of sp³-hybridized carbons (Fsp3) is 0.278. The molecular formula is C18H20Cl2N2O3. The second-order valence-electron chi connectivity index (χ2n) is 5.53. The maximum atomic E-state index is 12.2. The number of carbonyl (C=O) groups is 1. The number of rotatable bonds is 7. The highest BCUT2D eigenvalue weighted by Crippen LogP contribution is 2.26. The summed E-state index contributed by atoms with van der Waals surface area (Å²) in [5, 5.41) is 3.65. The number of benzene rings is 2. The lowest BCUT2D eigenvalue weighted by Gasteiger charge is -2.18. The first kappa shape index (κ1) is 19.4. The smallest absolute Gasteiger partial charge is 0.238 e. The molecule has 0 aliphatic rings. The van der Waals surface area contributed by atoms with Gasteiger partial charge in [-0.3, -0.25) is 9.69 Å². The molecule has 0 saturated carbocycles. The summed E-state index contributed by atoms with van der Waals surface area (Å²) in [5.74, 6) is 1.30. The number of methoxy groups -OCH3 is 2. The summed E-state index contributed by atoms with van der Waals surface area (Å²) in [4.78, 5) is 14.1. The topological polar surface area (TPSA) is 50.8 Å². The third kappa shape index (κ3) is 5.53. The fourth-order valence-corrected chi connectivity index (χ4v) is 2.65. The Balaban J connectivity index is 1.96. The molecule has 0 spiro atoms. The molecule has 2 aromatic rings. The predicted octanol–water partition coefficient (Wildman–Crippen LogP) is 4.08. The van der Waals surface area contributed by atoms with Crippen molar-refractivity contribution >= 4 is 34.8 Å². The number of amides is 1. The summed E-state index contributed by atoms with van der Waals surface area (Å²) < 4.78 is 10.6. The molecule has 0 heterocycles. The molecule has 0 saturated heterocycles. The Morgan fingerprint density at radius 1 is 1.08 bits per heavy atom. The molecule has 7 heteroatoms. The lowest BCUT2D eigenvalue weighted by molar-refractivity contribution is -0.117. The fourth-order valence-electron chi connectivity index (χ4n) is 2.35. The molecule has 1 amide bonds. The van der Waals surface area contributed by atoms with Crippen LogP contribution in [0.2, 0.25) is 10.0 Å². The van der Waals surface area contributed by atoms with E-state index in [9.17, 15) is 4.79 Å². The number of nitrogens with zero attached hydrogens (tertiary/aromatic N) is 1. The molecular weight excluding hydrogens is 363 g/mol. The first-order valence-corrected chi connectivity index (χ1v) is 8.33. The Labute approximate surface area is 157 Å². The molecule has 0 aliphatic heterocycles. The number of anilines is 1. The highest BCUT2D eigenvalue weighted by Gasteiger charge is 2.12. The van der Waals surface area contributed by atoms with Crippen LogP contribution in [-0.2, 0) is 11.3 Å². The number of nitrogens with one attached hydrogen (secondary N) is 1. The van der Waals surface area contributed by atoms with Crippen LogP contribution in [-0.4, -0.2) is 38.6 Å². The van der Waals surface area contributed by atoms with Gasteiger partial charge in [0.2, 0.25) is 5.91 Å². The van der Waals surface area contributed by atoms with Gasteiger partial charge in [0.1, 0.15) is 11.5 Å². The van der Waals surface area contributed by atoms with E-state index in [1.54, 1.807) is 32.4 Å². The van der Waals surface area contributed by atoms with E-state index in [4.69, 9.17) is 32.7 Å². The van der Waals surface area contributed by atoms with Gasteiger partial charge in [0, 0.05) is 23.9 Å². The Bertz CT molecular complexity index is 753. The maximum absolute atomic E-state index is 12.2. The molecule has 2 aromatic carbocycles.